The molecule has 1 aromatic rings. The van der Waals surface area contributed by atoms with Crippen molar-refractivity contribution in [2.24, 2.45) is 0 Å². The molecule has 0 unspecified atom stereocenters. The van der Waals surface area contributed by atoms with Crippen LogP contribution in [0.4, 0.5) is 0 Å². The maximum Gasteiger partial charge on any atom is 0.549 e. The normalized spacial score (nSPS) is 10.5. The van der Waals surface area contributed by atoms with Crippen LogP contribution in [0.25, 0.3) is 0 Å². The van der Waals surface area contributed by atoms with Crippen molar-refractivity contribution < 1.29 is 13.3 Å². The zero-order valence-corrected chi connectivity index (χ0v) is 9.27. The lowest BCUT2D eigenvalue weighted by Gasteiger charge is -2.14. The molecule has 0 saturated carbocycles. The fourth-order valence-electron chi connectivity index (χ4n) is 0.985. The van der Waals surface area contributed by atoms with Crippen molar-refractivity contribution in [1.82, 2.24) is 0 Å². The number of para-hydroxylation sites is 1. The summed E-state index contributed by atoms with van der Waals surface area (Å²) >= 11 is 0. The molecule has 0 bridgehead atoms. The molecule has 3 nitrogen and oxygen atoms in total. The first-order valence-electron chi connectivity index (χ1n) is 4.06. The van der Waals surface area contributed by atoms with Crippen LogP contribution in [-0.4, -0.2) is 23.7 Å². The van der Waals surface area contributed by atoms with Crippen molar-refractivity contribution in [2.45, 2.75) is 6.92 Å². The Morgan fingerprint density at radius 2 is 1.69 bits per heavy atom. The molecule has 0 aliphatic carbocycles. The molecule has 0 amide bonds. The van der Waals surface area contributed by atoms with E-state index >= 15 is 0 Å². The van der Waals surface area contributed by atoms with E-state index in [1.807, 2.05) is 31.2 Å². The van der Waals surface area contributed by atoms with E-state index < -0.39 is 9.53 Å². The lowest BCUT2D eigenvalue weighted by molar-refractivity contribution is 0.201. The van der Waals surface area contributed by atoms with Crippen LogP contribution in [0.15, 0.2) is 24.3 Å². The van der Waals surface area contributed by atoms with Crippen LogP contribution < -0.4 is 4.43 Å². The van der Waals surface area contributed by atoms with Gasteiger partial charge in [0.15, 0.2) is 0 Å². The van der Waals surface area contributed by atoms with E-state index in [0.717, 1.165) is 11.3 Å². The monoisotopic (exact) mass is 198 g/mol. The first kappa shape index (κ1) is 10.2. The highest BCUT2D eigenvalue weighted by Crippen LogP contribution is 2.16. The van der Waals surface area contributed by atoms with Gasteiger partial charge in [-0.3, -0.25) is 0 Å². The Bertz CT molecular complexity index is 261. The maximum atomic E-state index is 5.54. The molecule has 0 aliphatic heterocycles. The molecule has 1 rings (SSSR count). The van der Waals surface area contributed by atoms with E-state index in [-0.39, 0.29) is 0 Å². The van der Waals surface area contributed by atoms with Gasteiger partial charge in [-0.15, -0.1) is 0 Å². The molecule has 4 heteroatoms. The summed E-state index contributed by atoms with van der Waals surface area (Å²) in [6.45, 7) is 1.99. The average molecular weight is 198 g/mol. The van der Waals surface area contributed by atoms with Crippen LogP contribution in [0.1, 0.15) is 5.56 Å². The number of aryl methyl sites for hydroxylation is 1. The van der Waals surface area contributed by atoms with Gasteiger partial charge in [0, 0.05) is 14.2 Å². The van der Waals surface area contributed by atoms with Gasteiger partial charge in [-0.25, -0.2) is 0 Å². The Balaban J connectivity index is 2.67. The van der Waals surface area contributed by atoms with E-state index in [9.17, 15) is 0 Å². The molecule has 0 spiro atoms. The number of rotatable bonds is 4. The van der Waals surface area contributed by atoms with Crippen LogP contribution in [0, 0.1) is 6.92 Å². The van der Waals surface area contributed by atoms with Crippen LogP contribution in [-0.2, 0) is 8.85 Å². The van der Waals surface area contributed by atoms with Gasteiger partial charge in [0.2, 0.25) is 0 Å². The topological polar surface area (TPSA) is 27.7 Å². The zero-order valence-electron chi connectivity index (χ0n) is 8.11. The first-order valence-corrected chi connectivity index (χ1v) is 5.47. The van der Waals surface area contributed by atoms with E-state index in [1.165, 1.54) is 0 Å². The standard InChI is InChI=1S/C9H14O3Si/c1-8-6-4-5-7-9(8)12-13(10-2)11-3/h4-7,13H,1-3H3. The van der Waals surface area contributed by atoms with Gasteiger partial charge in [0.05, 0.1) is 0 Å². The summed E-state index contributed by atoms with van der Waals surface area (Å²) in [5.41, 5.74) is 1.09. The van der Waals surface area contributed by atoms with Gasteiger partial charge < -0.3 is 13.3 Å². The first-order chi connectivity index (χ1) is 6.27. The van der Waals surface area contributed by atoms with Crippen molar-refractivity contribution in [3.8, 4) is 5.75 Å². The van der Waals surface area contributed by atoms with Crippen molar-refractivity contribution in [3.05, 3.63) is 29.8 Å². The van der Waals surface area contributed by atoms with E-state index in [1.54, 1.807) is 14.2 Å². The lowest BCUT2D eigenvalue weighted by Crippen LogP contribution is -2.27. The Labute approximate surface area is 80.2 Å². The molecule has 0 radical (unpaired) electrons. The molecular weight excluding hydrogens is 184 g/mol. The number of hydrogen-bond donors (Lipinski definition) is 0. The molecule has 72 valence electrons. The third-order valence-electron chi connectivity index (χ3n) is 1.70. The van der Waals surface area contributed by atoms with Gasteiger partial charge in [-0.1, -0.05) is 18.2 Å². The summed E-state index contributed by atoms with van der Waals surface area (Å²) < 4.78 is 15.6. The summed E-state index contributed by atoms with van der Waals surface area (Å²) in [6.07, 6.45) is 0. The Morgan fingerprint density at radius 1 is 1.08 bits per heavy atom. The summed E-state index contributed by atoms with van der Waals surface area (Å²) in [5.74, 6) is 0.836. The summed E-state index contributed by atoms with van der Waals surface area (Å²) in [7, 11) is 1.24. The number of hydrogen-bond acceptors (Lipinski definition) is 3. The van der Waals surface area contributed by atoms with Gasteiger partial charge in [0.25, 0.3) is 0 Å². The predicted octanol–water partition coefficient (Wildman–Crippen LogP) is 1.38. The summed E-state index contributed by atoms with van der Waals surface area (Å²) in [6, 6.07) is 7.80. The summed E-state index contributed by atoms with van der Waals surface area (Å²) in [4.78, 5) is 0. The number of benzene rings is 1. The second-order valence-corrected chi connectivity index (χ2v) is 4.40. The average Bonchev–Trinajstić information content (AvgIpc) is 2.17. The smallest absolute Gasteiger partial charge is 0.503 e. The molecule has 0 aliphatic rings. The second kappa shape index (κ2) is 5.01. The molecule has 0 fully saturated rings. The molecule has 13 heavy (non-hydrogen) atoms. The van der Waals surface area contributed by atoms with E-state index in [0.29, 0.717) is 0 Å². The molecule has 0 N–H and O–H groups in total. The Morgan fingerprint density at radius 3 is 2.23 bits per heavy atom. The predicted molar refractivity (Wildman–Crippen MR) is 53.0 cm³/mol. The SMILES string of the molecule is CO[SiH](OC)Oc1ccccc1C. The molecule has 1 aromatic carbocycles. The highest BCUT2D eigenvalue weighted by molar-refractivity contribution is 6.37. The lowest BCUT2D eigenvalue weighted by atomic mass is 10.2. The Kier molecular flexibility index (Phi) is 3.95. The van der Waals surface area contributed by atoms with Crippen LogP contribution in [0.3, 0.4) is 0 Å². The zero-order chi connectivity index (χ0) is 9.68. The van der Waals surface area contributed by atoms with Gasteiger partial charge in [-0.05, 0) is 18.6 Å². The molecule has 0 aromatic heterocycles. The third kappa shape index (κ3) is 2.84. The third-order valence-corrected chi connectivity index (χ3v) is 2.92. The van der Waals surface area contributed by atoms with Crippen molar-refractivity contribution >= 4 is 9.53 Å². The second-order valence-electron chi connectivity index (χ2n) is 2.64. The van der Waals surface area contributed by atoms with Crippen LogP contribution in [0.2, 0.25) is 0 Å². The fraction of sp³-hybridized carbons (Fsp3) is 0.333. The highest BCUT2D eigenvalue weighted by atomic mass is 28.3. The minimum atomic E-state index is -1.95. The van der Waals surface area contributed by atoms with Crippen LogP contribution >= 0.6 is 0 Å². The van der Waals surface area contributed by atoms with E-state index in [2.05, 4.69) is 0 Å². The maximum absolute atomic E-state index is 5.54. The molecule has 0 atom stereocenters. The van der Waals surface area contributed by atoms with Crippen molar-refractivity contribution in [2.75, 3.05) is 14.2 Å². The largest absolute Gasteiger partial charge is 0.549 e. The van der Waals surface area contributed by atoms with Crippen molar-refractivity contribution in [3.63, 3.8) is 0 Å². The highest BCUT2D eigenvalue weighted by Gasteiger charge is 2.13. The van der Waals surface area contributed by atoms with Crippen LogP contribution in [0.5, 0.6) is 5.75 Å². The molecular formula is C9H14O3Si. The van der Waals surface area contributed by atoms with Gasteiger partial charge in [0.1, 0.15) is 5.75 Å². The minimum Gasteiger partial charge on any atom is -0.503 e. The van der Waals surface area contributed by atoms with Crippen molar-refractivity contribution in [1.29, 1.82) is 0 Å². The molecule has 0 heterocycles. The summed E-state index contributed by atoms with van der Waals surface area (Å²) in [5, 5.41) is 0. The van der Waals surface area contributed by atoms with E-state index in [4.69, 9.17) is 13.3 Å². The Hall–Kier alpha value is -0.843. The van der Waals surface area contributed by atoms with Gasteiger partial charge in [-0.2, -0.15) is 0 Å². The molecule has 0 saturated heterocycles. The van der Waals surface area contributed by atoms with Gasteiger partial charge >= 0.3 is 9.53 Å². The quantitative estimate of drug-likeness (QED) is 0.684. The fourth-order valence-corrected chi connectivity index (χ4v) is 1.84. The minimum absolute atomic E-state index is 0.836.